The Kier molecular flexibility index (Phi) is 1.97. The first-order chi connectivity index (χ1) is 3.39. The minimum atomic E-state index is -0.607. The van der Waals surface area contributed by atoms with Gasteiger partial charge in [-0.3, -0.25) is 0 Å². The molecule has 0 spiro atoms. The summed E-state index contributed by atoms with van der Waals surface area (Å²) in [5, 5.41) is 3.96. The quantitative estimate of drug-likeness (QED) is 0.402. The highest BCUT2D eigenvalue weighted by molar-refractivity contribution is 7.91. The molecule has 3 heteroatoms. The van der Waals surface area contributed by atoms with E-state index in [0.29, 0.717) is 5.88 Å². The average molecular weight is 118 g/mol. The molecule has 1 heterocycles. The van der Waals surface area contributed by atoms with Crippen LogP contribution in [0.25, 0.3) is 0 Å². The fraction of sp³-hybridized carbons (Fsp3) is 1.00. The molecule has 1 atom stereocenters. The van der Waals surface area contributed by atoms with Crippen LogP contribution in [-0.4, -0.2) is 22.7 Å². The zero-order valence-electron chi connectivity index (χ0n) is 4.09. The van der Waals surface area contributed by atoms with E-state index in [0.717, 1.165) is 18.7 Å². The third-order valence-electron chi connectivity index (χ3n) is 0.924. The van der Waals surface area contributed by atoms with Crippen LogP contribution in [0.2, 0.25) is 0 Å². The van der Waals surface area contributed by atoms with E-state index in [1.54, 1.807) is 0 Å². The predicted octanol–water partition coefficient (Wildman–Crippen LogP) is -0.299. The lowest BCUT2D eigenvalue weighted by molar-refractivity contribution is 0.566. The highest BCUT2D eigenvalue weighted by atomic mass is 32.2. The number of hydrogen-bond donors (Lipinski definition) is 0. The minimum absolute atomic E-state index is 0.583. The molecule has 1 rings (SSSR count). The lowest BCUT2D eigenvalue weighted by Gasteiger charge is -2.14. The van der Waals surface area contributed by atoms with Crippen LogP contribution >= 0.6 is 0 Å². The summed E-state index contributed by atoms with van der Waals surface area (Å²) in [6.07, 6.45) is 1.02. The van der Waals surface area contributed by atoms with Gasteiger partial charge in [0.05, 0.1) is 0 Å². The second-order valence-electron chi connectivity index (χ2n) is 1.57. The molecule has 1 unspecified atom stereocenters. The third kappa shape index (κ3) is 1.67. The van der Waals surface area contributed by atoms with Crippen LogP contribution in [0.4, 0.5) is 0 Å². The van der Waals surface area contributed by atoms with Crippen LogP contribution in [0, 0.1) is 0 Å². The summed E-state index contributed by atoms with van der Waals surface area (Å²) in [7, 11) is 0. The molecule has 0 aromatic rings. The van der Waals surface area contributed by atoms with Crippen LogP contribution < -0.4 is 5.32 Å². The second-order valence-corrected chi connectivity index (χ2v) is 3.12. The van der Waals surface area contributed by atoms with E-state index >= 15 is 0 Å². The van der Waals surface area contributed by atoms with Gasteiger partial charge >= 0.3 is 0 Å². The summed E-state index contributed by atoms with van der Waals surface area (Å²) < 4.78 is 10.5. The summed E-state index contributed by atoms with van der Waals surface area (Å²) in [6.45, 7) is 0.922. The van der Waals surface area contributed by atoms with E-state index in [2.05, 4.69) is 5.32 Å². The molecule has 1 radical (unpaired) electrons. The van der Waals surface area contributed by atoms with Crippen molar-refractivity contribution in [3.05, 3.63) is 0 Å². The molecular formula is C4H8NOS. The van der Waals surface area contributed by atoms with Gasteiger partial charge in [-0.15, -0.1) is 0 Å². The molecule has 1 saturated heterocycles. The molecule has 0 aromatic heterocycles. The molecule has 1 aliphatic rings. The Balaban J connectivity index is 2.12. The van der Waals surface area contributed by atoms with Gasteiger partial charge < -0.3 is 4.55 Å². The standard InChI is InChI=1S/C4H8NOS/c6-7-3-1-2-5-4-7/h1-4H2. The van der Waals surface area contributed by atoms with E-state index in [1.807, 2.05) is 0 Å². The molecule has 0 amide bonds. The van der Waals surface area contributed by atoms with Gasteiger partial charge in [-0.1, -0.05) is 0 Å². The summed E-state index contributed by atoms with van der Waals surface area (Å²) >= 11 is -0.607. The highest BCUT2D eigenvalue weighted by Crippen LogP contribution is 1.97. The Morgan fingerprint density at radius 1 is 1.57 bits per heavy atom. The van der Waals surface area contributed by atoms with Crippen molar-refractivity contribution in [1.82, 2.24) is 5.32 Å². The summed E-state index contributed by atoms with van der Waals surface area (Å²) in [6, 6.07) is 0. The first kappa shape index (κ1) is 5.41. The monoisotopic (exact) mass is 118 g/mol. The molecule has 0 bridgehead atoms. The summed E-state index contributed by atoms with van der Waals surface area (Å²) in [5.74, 6) is 1.45. The topological polar surface area (TPSA) is 37.2 Å². The van der Waals surface area contributed by atoms with Gasteiger partial charge in [0.1, 0.15) is 5.75 Å². The van der Waals surface area contributed by atoms with E-state index in [4.69, 9.17) is 0 Å². The fourth-order valence-electron chi connectivity index (χ4n) is 0.568. The van der Waals surface area contributed by atoms with Crippen LogP contribution in [0.1, 0.15) is 6.42 Å². The van der Waals surface area contributed by atoms with Crippen molar-refractivity contribution in [3.63, 3.8) is 0 Å². The van der Waals surface area contributed by atoms with Crippen LogP contribution in [0.5, 0.6) is 0 Å². The molecule has 41 valence electrons. The molecule has 0 aliphatic carbocycles. The van der Waals surface area contributed by atoms with Crippen LogP contribution in [0.15, 0.2) is 0 Å². The van der Waals surface area contributed by atoms with E-state index in [9.17, 15) is 4.55 Å². The Bertz CT molecular complexity index is 53.7. The number of rotatable bonds is 0. The largest absolute Gasteiger partial charge is 0.615 e. The lowest BCUT2D eigenvalue weighted by atomic mass is 10.5. The zero-order chi connectivity index (χ0) is 5.11. The maximum Gasteiger partial charge on any atom is 0.172 e. The molecule has 0 saturated carbocycles. The van der Waals surface area contributed by atoms with Crippen molar-refractivity contribution in [1.29, 1.82) is 0 Å². The van der Waals surface area contributed by atoms with E-state index in [1.165, 1.54) is 0 Å². The molecule has 0 N–H and O–H groups in total. The van der Waals surface area contributed by atoms with Gasteiger partial charge in [0.15, 0.2) is 5.88 Å². The number of hydrogen-bond acceptors (Lipinski definition) is 1. The first-order valence-electron chi connectivity index (χ1n) is 2.38. The van der Waals surface area contributed by atoms with Gasteiger partial charge in [-0.2, -0.15) is 5.32 Å². The molecule has 7 heavy (non-hydrogen) atoms. The van der Waals surface area contributed by atoms with Crippen LogP contribution in [-0.2, 0) is 11.2 Å². The van der Waals surface area contributed by atoms with Crippen molar-refractivity contribution >= 4 is 11.2 Å². The van der Waals surface area contributed by atoms with Crippen molar-refractivity contribution < 1.29 is 4.55 Å². The van der Waals surface area contributed by atoms with E-state index in [-0.39, 0.29) is 0 Å². The normalized spacial score (nSPS) is 33.0. The Labute approximate surface area is 46.5 Å². The minimum Gasteiger partial charge on any atom is -0.615 e. The predicted molar refractivity (Wildman–Crippen MR) is 29.5 cm³/mol. The molecule has 1 fully saturated rings. The Hall–Kier alpha value is 0.270. The second kappa shape index (κ2) is 2.55. The van der Waals surface area contributed by atoms with Gasteiger partial charge in [0.2, 0.25) is 0 Å². The molecule has 1 aliphatic heterocycles. The van der Waals surface area contributed by atoms with Crippen molar-refractivity contribution in [3.8, 4) is 0 Å². The molecular weight excluding hydrogens is 110 g/mol. The fourth-order valence-corrected chi connectivity index (χ4v) is 1.48. The smallest absolute Gasteiger partial charge is 0.172 e. The van der Waals surface area contributed by atoms with Gasteiger partial charge in [-0.25, -0.2) is 0 Å². The van der Waals surface area contributed by atoms with Gasteiger partial charge in [-0.05, 0) is 11.2 Å². The maximum absolute atomic E-state index is 10.5. The SMILES string of the molecule is [O-][S+]1CCC[N]C1. The van der Waals surface area contributed by atoms with E-state index < -0.39 is 11.2 Å². The molecule has 2 nitrogen and oxygen atoms in total. The highest BCUT2D eigenvalue weighted by Gasteiger charge is 2.10. The summed E-state index contributed by atoms with van der Waals surface area (Å²) in [4.78, 5) is 0. The van der Waals surface area contributed by atoms with Crippen molar-refractivity contribution in [2.45, 2.75) is 6.42 Å². The van der Waals surface area contributed by atoms with Gasteiger partial charge in [0, 0.05) is 13.0 Å². The zero-order valence-corrected chi connectivity index (χ0v) is 4.91. The third-order valence-corrected chi connectivity index (χ3v) is 2.14. The number of nitrogens with zero attached hydrogens (tertiary/aromatic N) is 1. The van der Waals surface area contributed by atoms with Crippen molar-refractivity contribution in [2.24, 2.45) is 0 Å². The van der Waals surface area contributed by atoms with Crippen LogP contribution in [0.3, 0.4) is 0 Å². The maximum atomic E-state index is 10.5. The Morgan fingerprint density at radius 3 is 2.71 bits per heavy atom. The van der Waals surface area contributed by atoms with Crippen molar-refractivity contribution in [2.75, 3.05) is 18.2 Å². The summed E-state index contributed by atoms with van der Waals surface area (Å²) in [5.41, 5.74) is 0. The first-order valence-corrected chi connectivity index (χ1v) is 3.86. The average Bonchev–Trinajstić information content (AvgIpc) is 1.69. The van der Waals surface area contributed by atoms with Gasteiger partial charge in [0.25, 0.3) is 0 Å². The Morgan fingerprint density at radius 2 is 2.43 bits per heavy atom. The lowest BCUT2D eigenvalue weighted by Crippen LogP contribution is -2.27. The molecule has 0 aromatic carbocycles.